The third-order valence-corrected chi connectivity index (χ3v) is 6.23. The molecular weight excluding hydrogens is 398 g/mol. The average Bonchev–Trinajstić information content (AvgIpc) is 2.87. The molecule has 0 bridgehead atoms. The molecule has 0 N–H and O–H groups in total. The van der Waals surface area contributed by atoms with Crippen LogP contribution < -0.4 is 5.56 Å². The summed E-state index contributed by atoms with van der Waals surface area (Å²) in [6, 6.07) is 10.4. The molecule has 1 amide bonds. The van der Waals surface area contributed by atoms with Crippen LogP contribution in [0.2, 0.25) is 0 Å². The minimum atomic E-state index is -4.10. The van der Waals surface area contributed by atoms with Crippen molar-refractivity contribution in [3.05, 3.63) is 75.8 Å². The van der Waals surface area contributed by atoms with E-state index in [1.807, 2.05) is 6.92 Å². The zero-order chi connectivity index (χ0) is 20.8. The highest BCUT2D eigenvalue weighted by molar-refractivity contribution is 7.90. The topological polar surface area (TPSA) is 115 Å². The average molecular weight is 413 g/mol. The molecule has 1 aliphatic rings. The Hall–Kier alpha value is -3.53. The number of esters is 1. The summed E-state index contributed by atoms with van der Waals surface area (Å²) >= 11 is 0. The number of nitrogens with zero attached hydrogens (tertiary/aromatic N) is 3. The first-order valence-electron chi connectivity index (χ1n) is 8.58. The molecule has 0 saturated heterocycles. The van der Waals surface area contributed by atoms with Gasteiger partial charge in [-0.05, 0) is 36.8 Å². The number of hydrogen-bond acceptors (Lipinski definition) is 7. The first-order chi connectivity index (χ1) is 13.8. The first-order valence-corrected chi connectivity index (χ1v) is 10.0. The first kappa shape index (κ1) is 18.8. The molecule has 29 heavy (non-hydrogen) atoms. The van der Waals surface area contributed by atoms with Gasteiger partial charge in [0.2, 0.25) is 0 Å². The molecular formula is C19H15N3O6S. The lowest BCUT2D eigenvalue weighted by Crippen LogP contribution is -2.35. The van der Waals surface area contributed by atoms with Crippen LogP contribution in [0.3, 0.4) is 0 Å². The summed E-state index contributed by atoms with van der Waals surface area (Å²) in [6.45, 7) is 0.763. The Balaban J connectivity index is 1.50. The third kappa shape index (κ3) is 3.27. The van der Waals surface area contributed by atoms with Crippen LogP contribution >= 0.6 is 0 Å². The van der Waals surface area contributed by atoms with Crippen molar-refractivity contribution in [2.75, 3.05) is 6.54 Å². The van der Waals surface area contributed by atoms with Crippen LogP contribution in [0.15, 0.2) is 58.4 Å². The van der Waals surface area contributed by atoms with Gasteiger partial charge in [-0.3, -0.25) is 18.8 Å². The molecule has 0 aliphatic carbocycles. The fourth-order valence-electron chi connectivity index (χ4n) is 3.03. The van der Waals surface area contributed by atoms with E-state index in [0.29, 0.717) is 9.95 Å². The second-order valence-corrected chi connectivity index (χ2v) is 8.32. The number of rotatable bonds is 4. The highest BCUT2D eigenvalue weighted by Crippen LogP contribution is 2.29. The Morgan fingerprint density at radius 2 is 1.90 bits per heavy atom. The van der Waals surface area contributed by atoms with Crippen molar-refractivity contribution in [1.82, 2.24) is 13.7 Å². The van der Waals surface area contributed by atoms with E-state index in [1.54, 1.807) is 24.4 Å². The summed E-state index contributed by atoms with van der Waals surface area (Å²) in [5.74, 6) is -1.71. The lowest BCUT2D eigenvalue weighted by molar-refractivity contribution is -0.144. The summed E-state index contributed by atoms with van der Waals surface area (Å²) in [6.07, 6.45) is 1.59. The SMILES string of the molecule is Cc1ccn2c(=O)cc(COC(=O)CN3C(=O)c4ccccc4S3(=O)=O)nc2c1. The highest BCUT2D eigenvalue weighted by Gasteiger charge is 2.42. The molecule has 3 aromatic rings. The van der Waals surface area contributed by atoms with Crippen LogP contribution in [0.1, 0.15) is 21.6 Å². The zero-order valence-corrected chi connectivity index (χ0v) is 16.0. The molecule has 0 spiro atoms. The third-order valence-electron chi connectivity index (χ3n) is 4.44. The second-order valence-electron chi connectivity index (χ2n) is 6.49. The number of amides is 1. The zero-order valence-electron chi connectivity index (χ0n) is 15.2. The molecule has 1 aromatic carbocycles. The number of sulfonamides is 1. The number of benzene rings is 1. The van der Waals surface area contributed by atoms with E-state index in [4.69, 9.17) is 4.74 Å². The van der Waals surface area contributed by atoms with E-state index in [1.165, 1.54) is 28.7 Å². The van der Waals surface area contributed by atoms with Crippen LogP contribution in [0, 0.1) is 6.92 Å². The van der Waals surface area contributed by atoms with E-state index >= 15 is 0 Å². The quantitative estimate of drug-likeness (QED) is 0.584. The summed E-state index contributed by atoms with van der Waals surface area (Å²) in [5, 5.41) is 0. The van der Waals surface area contributed by atoms with E-state index < -0.39 is 28.4 Å². The molecule has 4 rings (SSSR count). The standard InChI is InChI=1S/C19H15N3O6S/c1-12-6-7-21-16(8-12)20-13(9-17(21)23)11-28-18(24)10-22-19(25)14-4-2-3-5-15(14)29(22,26)27/h2-9H,10-11H2,1H3. The largest absolute Gasteiger partial charge is 0.458 e. The normalized spacial score (nSPS) is 14.8. The maximum absolute atomic E-state index is 12.5. The predicted octanol–water partition coefficient (Wildman–Crippen LogP) is 0.891. The summed E-state index contributed by atoms with van der Waals surface area (Å²) in [5.41, 5.74) is 1.20. The minimum absolute atomic E-state index is 0.0138. The van der Waals surface area contributed by atoms with Crippen molar-refractivity contribution in [3.63, 3.8) is 0 Å². The Kier molecular flexibility index (Phi) is 4.42. The molecule has 9 nitrogen and oxygen atoms in total. The molecule has 10 heteroatoms. The van der Waals surface area contributed by atoms with E-state index in [-0.39, 0.29) is 28.3 Å². The van der Waals surface area contributed by atoms with Crippen LogP contribution in [0.5, 0.6) is 0 Å². The number of aryl methyl sites for hydroxylation is 1. The van der Waals surface area contributed by atoms with Crippen molar-refractivity contribution in [1.29, 1.82) is 0 Å². The lowest BCUT2D eigenvalue weighted by atomic mass is 10.2. The Bertz CT molecular complexity index is 1330. The number of aromatic nitrogens is 2. The second kappa shape index (κ2) is 6.82. The minimum Gasteiger partial charge on any atom is -0.458 e. The maximum atomic E-state index is 12.5. The fraction of sp³-hybridized carbons (Fsp3) is 0.158. The Morgan fingerprint density at radius 1 is 1.14 bits per heavy atom. The fourth-order valence-corrected chi connectivity index (χ4v) is 4.55. The number of carbonyl (C=O) groups excluding carboxylic acids is 2. The molecule has 0 saturated carbocycles. The molecule has 0 radical (unpaired) electrons. The summed E-state index contributed by atoms with van der Waals surface area (Å²) < 4.78 is 31.8. The van der Waals surface area contributed by atoms with Crippen LogP contribution in [-0.4, -0.2) is 40.5 Å². The monoisotopic (exact) mass is 413 g/mol. The Morgan fingerprint density at radius 3 is 2.66 bits per heavy atom. The van der Waals surface area contributed by atoms with Gasteiger partial charge in [-0.2, -0.15) is 0 Å². The highest BCUT2D eigenvalue weighted by atomic mass is 32.2. The van der Waals surface area contributed by atoms with Gasteiger partial charge in [-0.15, -0.1) is 0 Å². The van der Waals surface area contributed by atoms with Gasteiger partial charge in [-0.1, -0.05) is 12.1 Å². The van der Waals surface area contributed by atoms with Gasteiger partial charge in [0.15, 0.2) is 0 Å². The van der Waals surface area contributed by atoms with Gasteiger partial charge < -0.3 is 4.74 Å². The van der Waals surface area contributed by atoms with E-state index in [0.717, 1.165) is 5.56 Å². The Labute approximate surface area is 165 Å². The molecule has 3 heterocycles. The van der Waals surface area contributed by atoms with Crippen molar-refractivity contribution in [2.24, 2.45) is 0 Å². The smallest absolute Gasteiger partial charge is 0.327 e. The number of pyridine rings is 1. The van der Waals surface area contributed by atoms with Crippen LogP contribution in [0.4, 0.5) is 0 Å². The van der Waals surface area contributed by atoms with Gasteiger partial charge in [0, 0.05) is 12.3 Å². The predicted molar refractivity (Wildman–Crippen MR) is 101 cm³/mol. The maximum Gasteiger partial charge on any atom is 0.327 e. The number of carbonyl (C=O) groups is 2. The number of fused-ring (bicyclic) bond motifs is 2. The van der Waals surface area contributed by atoms with Gasteiger partial charge in [-0.25, -0.2) is 17.7 Å². The lowest BCUT2D eigenvalue weighted by Gasteiger charge is -2.14. The molecule has 0 fully saturated rings. The number of ether oxygens (including phenoxy) is 1. The van der Waals surface area contributed by atoms with Crippen molar-refractivity contribution in [3.8, 4) is 0 Å². The number of hydrogen-bond donors (Lipinski definition) is 0. The molecule has 0 atom stereocenters. The van der Waals surface area contributed by atoms with Crippen molar-refractivity contribution < 1.29 is 22.7 Å². The van der Waals surface area contributed by atoms with E-state index in [9.17, 15) is 22.8 Å². The van der Waals surface area contributed by atoms with E-state index in [2.05, 4.69) is 4.98 Å². The summed E-state index contributed by atoms with van der Waals surface area (Å²) in [4.78, 5) is 40.8. The molecule has 1 aliphatic heterocycles. The molecule has 2 aromatic heterocycles. The van der Waals surface area contributed by atoms with Gasteiger partial charge in [0.25, 0.3) is 21.5 Å². The van der Waals surface area contributed by atoms with Gasteiger partial charge in [0.05, 0.1) is 11.3 Å². The summed E-state index contributed by atoms with van der Waals surface area (Å²) in [7, 11) is -4.10. The van der Waals surface area contributed by atoms with Crippen molar-refractivity contribution in [2.45, 2.75) is 18.4 Å². The van der Waals surface area contributed by atoms with Crippen molar-refractivity contribution >= 4 is 27.5 Å². The van der Waals surface area contributed by atoms with Gasteiger partial charge >= 0.3 is 5.97 Å². The molecule has 148 valence electrons. The molecule has 0 unspecified atom stereocenters. The van der Waals surface area contributed by atoms with Crippen LogP contribution in [0.25, 0.3) is 5.65 Å². The van der Waals surface area contributed by atoms with Gasteiger partial charge in [0.1, 0.15) is 23.7 Å². The van der Waals surface area contributed by atoms with Crippen LogP contribution in [-0.2, 0) is 26.2 Å².